The zero-order chi connectivity index (χ0) is 19.9. The number of aryl methyl sites for hydroxylation is 1. The molecule has 0 unspecified atom stereocenters. The third kappa shape index (κ3) is 8.66. The number of unbranched alkanes of at least 4 members (excludes halogenated alkanes) is 3. The smallest absolute Gasteiger partial charge is 0.119 e. The highest BCUT2D eigenvalue weighted by Crippen LogP contribution is 2.12. The van der Waals surface area contributed by atoms with Crippen LogP contribution in [-0.2, 0) is 6.42 Å². The normalized spacial score (nSPS) is 10.1. The van der Waals surface area contributed by atoms with Crippen LogP contribution >= 0.6 is 0 Å². The largest absolute Gasteiger partial charge is 0.494 e. The molecule has 0 saturated heterocycles. The molecule has 2 rings (SSSR count). The zero-order valence-electron chi connectivity index (χ0n) is 17.1. The molecule has 1 nitrogen and oxygen atoms in total. The highest BCUT2D eigenvalue weighted by atomic mass is 16.5. The van der Waals surface area contributed by atoms with Gasteiger partial charge in [-0.25, -0.2) is 0 Å². The van der Waals surface area contributed by atoms with Crippen LogP contribution < -0.4 is 4.74 Å². The van der Waals surface area contributed by atoms with E-state index >= 15 is 0 Å². The van der Waals surface area contributed by atoms with Crippen molar-refractivity contribution in [2.24, 2.45) is 0 Å². The van der Waals surface area contributed by atoms with Crippen LogP contribution in [0.5, 0.6) is 5.75 Å². The number of hydrogen-bond donors (Lipinski definition) is 0. The minimum absolute atomic E-state index is 0.744. The molecule has 0 aliphatic carbocycles. The Bertz CT molecular complexity index is 834. The van der Waals surface area contributed by atoms with E-state index in [1.54, 1.807) is 12.2 Å². The van der Waals surface area contributed by atoms with Gasteiger partial charge < -0.3 is 4.74 Å². The summed E-state index contributed by atoms with van der Waals surface area (Å²) in [5.74, 6) is 13.2. The molecule has 28 heavy (non-hydrogen) atoms. The predicted octanol–water partition coefficient (Wildman–Crippen LogP) is 6.56. The second-order valence-electron chi connectivity index (χ2n) is 6.75. The zero-order valence-corrected chi connectivity index (χ0v) is 17.1. The monoisotopic (exact) mass is 370 g/mol. The van der Waals surface area contributed by atoms with Gasteiger partial charge in [0.2, 0.25) is 0 Å². The van der Waals surface area contributed by atoms with E-state index in [1.807, 2.05) is 24.3 Å². The molecule has 0 bridgehead atoms. The molecule has 0 fully saturated rings. The summed E-state index contributed by atoms with van der Waals surface area (Å²) in [4.78, 5) is 0. The second kappa shape index (κ2) is 13.3. The minimum atomic E-state index is 0.744. The summed E-state index contributed by atoms with van der Waals surface area (Å²) in [6, 6.07) is 16.4. The lowest BCUT2D eigenvalue weighted by Gasteiger charge is -2.03. The Hall–Kier alpha value is -2.90. The summed E-state index contributed by atoms with van der Waals surface area (Å²) in [6.07, 6.45) is 11.0. The van der Waals surface area contributed by atoms with Crippen molar-refractivity contribution < 1.29 is 4.74 Å². The van der Waals surface area contributed by atoms with Gasteiger partial charge in [0.25, 0.3) is 0 Å². The molecule has 0 aromatic heterocycles. The number of rotatable bonds is 8. The lowest BCUT2D eigenvalue weighted by molar-refractivity contribution is 0.317. The molecule has 2 aromatic rings. The highest BCUT2D eigenvalue weighted by Gasteiger charge is 1.94. The molecule has 0 N–H and O–H groups in total. The molecule has 0 atom stereocenters. The van der Waals surface area contributed by atoms with Gasteiger partial charge in [0.05, 0.1) is 6.61 Å². The van der Waals surface area contributed by atoms with Crippen molar-refractivity contribution in [2.75, 3.05) is 6.61 Å². The quantitative estimate of drug-likeness (QED) is 0.378. The van der Waals surface area contributed by atoms with Crippen LogP contribution in [0.2, 0.25) is 0 Å². The average Bonchev–Trinajstić information content (AvgIpc) is 2.74. The van der Waals surface area contributed by atoms with Crippen LogP contribution in [0, 0.1) is 23.7 Å². The lowest BCUT2D eigenvalue weighted by atomic mass is 10.0. The molecule has 2 aromatic carbocycles. The van der Waals surface area contributed by atoms with Gasteiger partial charge in [-0.1, -0.05) is 68.9 Å². The van der Waals surface area contributed by atoms with Crippen LogP contribution in [0.15, 0.2) is 60.7 Å². The van der Waals surface area contributed by atoms with Gasteiger partial charge in [0.15, 0.2) is 0 Å². The maximum atomic E-state index is 5.57. The van der Waals surface area contributed by atoms with Crippen molar-refractivity contribution in [1.82, 2.24) is 0 Å². The number of ether oxygens (including phenoxy) is 1. The molecule has 0 amide bonds. The Morgan fingerprint density at radius 3 is 1.89 bits per heavy atom. The van der Waals surface area contributed by atoms with Crippen LogP contribution in [0.25, 0.3) is 0 Å². The van der Waals surface area contributed by atoms with Gasteiger partial charge >= 0.3 is 0 Å². The van der Waals surface area contributed by atoms with Gasteiger partial charge in [-0.15, -0.1) is 0 Å². The van der Waals surface area contributed by atoms with Crippen molar-refractivity contribution in [2.45, 2.75) is 52.4 Å². The molecule has 0 saturated carbocycles. The van der Waals surface area contributed by atoms with E-state index in [0.29, 0.717) is 0 Å². The Morgan fingerprint density at radius 1 is 0.714 bits per heavy atom. The first-order chi connectivity index (χ1) is 13.8. The van der Waals surface area contributed by atoms with Gasteiger partial charge in [-0.2, -0.15) is 0 Å². The van der Waals surface area contributed by atoms with Gasteiger partial charge in [0, 0.05) is 11.1 Å². The van der Waals surface area contributed by atoms with Crippen LogP contribution in [0.4, 0.5) is 0 Å². The van der Waals surface area contributed by atoms with Gasteiger partial charge in [-0.3, -0.25) is 0 Å². The van der Waals surface area contributed by atoms with Crippen LogP contribution in [-0.4, -0.2) is 6.61 Å². The summed E-state index contributed by atoms with van der Waals surface area (Å²) < 4.78 is 5.57. The van der Waals surface area contributed by atoms with E-state index in [2.05, 4.69) is 61.8 Å². The standard InChI is InChI=1S/C27H30O/c1-3-5-6-9-12-24-15-17-25(18-16-24)13-10-7-8-11-14-26-19-21-27(22-20-26)28-23-4-2/h7-8,15-22H,3-6,9,12,23H2,1-2H3/b8-7+. The Labute approximate surface area is 170 Å². The van der Waals surface area contributed by atoms with Gasteiger partial charge in [-0.05, 0) is 73.4 Å². The Balaban J connectivity index is 1.79. The minimum Gasteiger partial charge on any atom is -0.494 e. The fourth-order valence-electron chi connectivity index (χ4n) is 2.70. The molecule has 0 heterocycles. The lowest BCUT2D eigenvalue weighted by Crippen LogP contribution is -1.94. The van der Waals surface area contributed by atoms with Crippen molar-refractivity contribution in [1.29, 1.82) is 0 Å². The van der Waals surface area contributed by atoms with Crippen molar-refractivity contribution in [3.8, 4) is 29.4 Å². The Morgan fingerprint density at radius 2 is 1.32 bits per heavy atom. The molecule has 1 heteroatoms. The van der Waals surface area contributed by atoms with Crippen LogP contribution in [0.1, 0.15) is 62.6 Å². The van der Waals surface area contributed by atoms with E-state index in [1.165, 1.54) is 31.2 Å². The SMILES string of the molecule is CCCCCCc1ccc(C#C/C=C/C#Cc2ccc(OCCC)cc2)cc1. The third-order valence-electron chi connectivity index (χ3n) is 4.28. The maximum Gasteiger partial charge on any atom is 0.119 e. The molecule has 0 aliphatic heterocycles. The summed E-state index contributed by atoms with van der Waals surface area (Å²) in [7, 11) is 0. The number of benzene rings is 2. The first-order valence-electron chi connectivity index (χ1n) is 10.3. The van der Waals surface area contributed by atoms with Crippen molar-refractivity contribution >= 4 is 0 Å². The predicted molar refractivity (Wildman–Crippen MR) is 119 cm³/mol. The summed E-state index contributed by atoms with van der Waals surface area (Å²) in [6.45, 7) is 5.09. The average molecular weight is 371 g/mol. The first-order valence-corrected chi connectivity index (χ1v) is 10.3. The number of hydrogen-bond acceptors (Lipinski definition) is 1. The molecule has 0 spiro atoms. The third-order valence-corrected chi connectivity index (χ3v) is 4.28. The van der Waals surface area contributed by atoms with E-state index in [4.69, 9.17) is 4.74 Å². The first kappa shape index (κ1) is 21.4. The van der Waals surface area contributed by atoms with Crippen molar-refractivity contribution in [3.63, 3.8) is 0 Å². The topological polar surface area (TPSA) is 9.23 Å². The van der Waals surface area contributed by atoms with Gasteiger partial charge in [0.1, 0.15) is 5.75 Å². The van der Waals surface area contributed by atoms with E-state index in [0.717, 1.165) is 36.3 Å². The fraction of sp³-hybridized carbons (Fsp3) is 0.333. The maximum absolute atomic E-state index is 5.57. The number of allylic oxidation sites excluding steroid dienone is 2. The molecular weight excluding hydrogens is 340 g/mol. The second-order valence-corrected chi connectivity index (χ2v) is 6.75. The highest BCUT2D eigenvalue weighted by molar-refractivity contribution is 5.42. The van der Waals surface area contributed by atoms with E-state index in [-0.39, 0.29) is 0 Å². The summed E-state index contributed by atoms with van der Waals surface area (Å²) in [5, 5.41) is 0. The summed E-state index contributed by atoms with van der Waals surface area (Å²) >= 11 is 0. The summed E-state index contributed by atoms with van der Waals surface area (Å²) in [5.41, 5.74) is 3.41. The van der Waals surface area contributed by atoms with E-state index in [9.17, 15) is 0 Å². The molecule has 144 valence electrons. The molecular formula is C27H30O. The molecule has 0 radical (unpaired) electrons. The van der Waals surface area contributed by atoms with Crippen molar-refractivity contribution in [3.05, 3.63) is 77.4 Å². The van der Waals surface area contributed by atoms with Crippen LogP contribution in [0.3, 0.4) is 0 Å². The molecule has 0 aliphatic rings. The Kier molecular flexibility index (Phi) is 10.2. The fourth-order valence-corrected chi connectivity index (χ4v) is 2.70. The van der Waals surface area contributed by atoms with E-state index < -0.39 is 0 Å².